The molecule has 3 aliphatic heterocycles. The molecular formula is C5H9NO. The average molecular weight is 99.1 g/mol. The fourth-order valence-electron chi connectivity index (χ4n) is 1.26. The van der Waals surface area contributed by atoms with Gasteiger partial charge in [0.2, 0.25) is 0 Å². The van der Waals surface area contributed by atoms with Crippen molar-refractivity contribution in [1.29, 1.82) is 0 Å². The summed E-state index contributed by atoms with van der Waals surface area (Å²) in [6, 6.07) is 0.769. The van der Waals surface area contributed by atoms with Crippen LogP contribution in [0.4, 0.5) is 0 Å². The molecule has 40 valence electrons. The third-order valence-corrected chi connectivity index (χ3v) is 1.98. The zero-order valence-electron chi connectivity index (χ0n) is 4.42. The van der Waals surface area contributed by atoms with Gasteiger partial charge < -0.3 is 4.74 Å². The lowest BCUT2D eigenvalue weighted by Crippen LogP contribution is -2.46. The maximum Gasteiger partial charge on any atom is 0.112 e. The van der Waals surface area contributed by atoms with E-state index in [1.54, 1.807) is 0 Å². The van der Waals surface area contributed by atoms with Gasteiger partial charge in [0.1, 0.15) is 6.23 Å². The van der Waals surface area contributed by atoms with E-state index in [0.29, 0.717) is 6.23 Å². The van der Waals surface area contributed by atoms with Crippen molar-refractivity contribution in [3.8, 4) is 0 Å². The molecule has 3 saturated heterocycles. The number of nitrogens with zero attached hydrogens (tertiary/aromatic N) is 1. The van der Waals surface area contributed by atoms with Crippen LogP contribution in [-0.4, -0.2) is 30.8 Å². The first-order chi connectivity index (χ1) is 3.38. The molecule has 2 heteroatoms. The first-order valence-electron chi connectivity index (χ1n) is 2.71. The van der Waals surface area contributed by atoms with Crippen LogP contribution in [0.5, 0.6) is 0 Å². The molecule has 2 unspecified atom stereocenters. The molecule has 0 saturated carbocycles. The molecule has 0 N–H and O–H groups in total. The van der Waals surface area contributed by atoms with Crippen LogP contribution in [0.25, 0.3) is 0 Å². The van der Waals surface area contributed by atoms with E-state index in [4.69, 9.17) is 4.74 Å². The van der Waals surface area contributed by atoms with Crippen molar-refractivity contribution in [1.82, 2.24) is 4.90 Å². The highest BCUT2D eigenvalue weighted by molar-refractivity contribution is 4.90. The van der Waals surface area contributed by atoms with E-state index in [1.165, 1.54) is 6.42 Å². The molecule has 3 rings (SSSR count). The molecule has 2 bridgehead atoms. The van der Waals surface area contributed by atoms with Gasteiger partial charge in [-0.05, 0) is 7.05 Å². The molecule has 2 atom stereocenters. The summed E-state index contributed by atoms with van der Waals surface area (Å²) >= 11 is 0. The summed E-state index contributed by atoms with van der Waals surface area (Å²) in [6.07, 6.45) is 1.77. The van der Waals surface area contributed by atoms with E-state index in [-0.39, 0.29) is 0 Å². The van der Waals surface area contributed by atoms with Crippen LogP contribution in [0.15, 0.2) is 0 Å². The molecule has 0 amide bonds. The van der Waals surface area contributed by atoms with E-state index in [0.717, 1.165) is 12.6 Å². The molecule has 3 heterocycles. The van der Waals surface area contributed by atoms with Gasteiger partial charge in [0.05, 0.1) is 6.61 Å². The summed E-state index contributed by atoms with van der Waals surface area (Å²) in [5.41, 5.74) is 0. The zero-order chi connectivity index (χ0) is 4.85. The fraction of sp³-hybridized carbons (Fsp3) is 1.00. The monoisotopic (exact) mass is 99.1 g/mol. The smallest absolute Gasteiger partial charge is 0.112 e. The number of rotatable bonds is 0. The lowest BCUT2D eigenvalue weighted by atomic mass is 10.1. The van der Waals surface area contributed by atoms with Gasteiger partial charge in [-0.1, -0.05) is 0 Å². The minimum atomic E-state index is 0.491. The predicted molar refractivity (Wildman–Crippen MR) is 25.9 cm³/mol. The van der Waals surface area contributed by atoms with Gasteiger partial charge >= 0.3 is 0 Å². The molecule has 3 fully saturated rings. The molecule has 0 spiro atoms. The van der Waals surface area contributed by atoms with Crippen LogP contribution < -0.4 is 0 Å². The van der Waals surface area contributed by atoms with E-state index in [9.17, 15) is 0 Å². The van der Waals surface area contributed by atoms with Gasteiger partial charge in [0, 0.05) is 12.5 Å². The van der Waals surface area contributed by atoms with Crippen LogP contribution in [0.3, 0.4) is 0 Å². The molecule has 0 aliphatic carbocycles. The molecule has 0 aromatic rings. The Labute approximate surface area is 43.1 Å². The van der Waals surface area contributed by atoms with Crippen molar-refractivity contribution >= 4 is 0 Å². The summed E-state index contributed by atoms with van der Waals surface area (Å²) in [4.78, 5) is 2.28. The SMILES string of the molecule is CN1C2COC1C2. The Morgan fingerprint density at radius 3 is 2.71 bits per heavy atom. The molecule has 0 radical (unpaired) electrons. The van der Waals surface area contributed by atoms with Gasteiger partial charge in [-0.25, -0.2) is 0 Å². The molecule has 0 aromatic carbocycles. The quantitative estimate of drug-likeness (QED) is 0.425. The maximum atomic E-state index is 5.27. The van der Waals surface area contributed by atoms with Crippen molar-refractivity contribution in [2.45, 2.75) is 18.7 Å². The standard InChI is InChI=1S/C5H9NO/c1-6-4-2-5(6)7-3-4/h4-5H,2-3H2,1H3. The Balaban J connectivity index is 2.14. The van der Waals surface area contributed by atoms with Crippen molar-refractivity contribution in [2.24, 2.45) is 0 Å². The van der Waals surface area contributed by atoms with Gasteiger partial charge in [-0.3, -0.25) is 4.90 Å². The summed E-state index contributed by atoms with van der Waals surface area (Å²) in [5.74, 6) is 0. The van der Waals surface area contributed by atoms with Crippen molar-refractivity contribution < 1.29 is 4.74 Å². The topological polar surface area (TPSA) is 12.5 Å². The van der Waals surface area contributed by atoms with Crippen LogP contribution in [-0.2, 0) is 4.74 Å². The lowest BCUT2D eigenvalue weighted by molar-refractivity contribution is -0.00593. The first kappa shape index (κ1) is 3.87. The average Bonchev–Trinajstić information content (AvgIpc) is 2.18. The normalized spacial score (nSPS) is 49.3. The van der Waals surface area contributed by atoms with Gasteiger partial charge in [-0.15, -0.1) is 0 Å². The second-order valence-electron chi connectivity index (χ2n) is 2.34. The van der Waals surface area contributed by atoms with E-state index >= 15 is 0 Å². The van der Waals surface area contributed by atoms with Crippen LogP contribution >= 0.6 is 0 Å². The summed E-state index contributed by atoms with van der Waals surface area (Å²) in [5, 5.41) is 0. The summed E-state index contributed by atoms with van der Waals surface area (Å²) in [7, 11) is 2.12. The van der Waals surface area contributed by atoms with E-state index in [1.807, 2.05) is 0 Å². The van der Waals surface area contributed by atoms with E-state index in [2.05, 4.69) is 11.9 Å². The minimum absolute atomic E-state index is 0.491. The highest BCUT2D eigenvalue weighted by atomic mass is 16.5. The van der Waals surface area contributed by atoms with Crippen LogP contribution in [0, 0.1) is 0 Å². The van der Waals surface area contributed by atoms with Crippen molar-refractivity contribution in [3.05, 3.63) is 0 Å². The zero-order valence-corrected chi connectivity index (χ0v) is 4.42. The van der Waals surface area contributed by atoms with Crippen LogP contribution in [0.1, 0.15) is 6.42 Å². The molecular weight excluding hydrogens is 90.1 g/mol. The van der Waals surface area contributed by atoms with E-state index < -0.39 is 0 Å². The van der Waals surface area contributed by atoms with Gasteiger partial charge in [0.15, 0.2) is 0 Å². The van der Waals surface area contributed by atoms with Crippen LogP contribution in [0.2, 0.25) is 0 Å². The maximum absolute atomic E-state index is 5.27. The summed E-state index contributed by atoms with van der Waals surface area (Å²) < 4.78 is 5.27. The Hall–Kier alpha value is -0.0800. The molecule has 7 heavy (non-hydrogen) atoms. The number of ether oxygens (including phenoxy) is 1. The lowest BCUT2D eigenvalue weighted by Gasteiger charge is -2.33. The van der Waals surface area contributed by atoms with Gasteiger partial charge in [-0.2, -0.15) is 0 Å². The third-order valence-electron chi connectivity index (χ3n) is 1.98. The predicted octanol–water partition coefficient (Wildman–Crippen LogP) is 0.0468. The number of hydrogen-bond acceptors (Lipinski definition) is 2. The fourth-order valence-corrected chi connectivity index (χ4v) is 1.26. The largest absolute Gasteiger partial charge is 0.361 e. The number of fused-ring (bicyclic) bond motifs is 1. The molecule has 3 aliphatic rings. The van der Waals surface area contributed by atoms with Crippen molar-refractivity contribution in [2.75, 3.05) is 13.7 Å². The highest BCUT2D eigenvalue weighted by Gasteiger charge is 2.42. The molecule has 0 aromatic heterocycles. The van der Waals surface area contributed by atoms with Crippen molar-refractivity contribution in [3.63, 3.8) is 0 Å². The minimum Gasteiger partial charge on any atom is -0.361 e. The Morgan fingerprint density at radius 1 is 1.71 bits per heavy atom. The third kappa shape index (κ3) is 0.318. The second kappa shape index (κ2) is 1.01. The Kier molecular flexibility index (Phi) is 0.557. The number of likely N-dealkylation sites (N-methyl/N-ethyl adjacent to an activating group) is 1. The number of hydrogen-bond donors (Lipinski definition) is 0. The second-order valence-corrected chi connectivity index (χ2v) is 2.34. The van der Waals surface area contributed by atoms with Gasteiger partial charge in [0.25, 0.3) is 0 Å². The Bertz CT molecular complexity index is 80.1. The first-order valence-corrected chi connectivity index (χ1v) is 2.71. The Morgan fingerprint density at radius 2 is 2.57 bits per heavy atom. The molecule has 2 nitrogen and oxygen atoms in total. The highest BCUT2D eigenvalue weighted by Crippen LogP contribution is 2.31. The summed E-state index contributed by atoms with van der Waals surface area (Å²) in [6.45, 7) is 0.973.